The first-order chi connectivity index (χ1) is 14.5. The van der Waals surface area contributed by atoms with E-state index in [9.17, 15) is 4.79 Å². The number of para-hydroxylation sites is 1. The molecule has 1 atom stereocenters. The Morgan fingerprint density at radius 2 is 1.70 bits per heavy atom. The lowest BCUT2D eigenvalue weighted by molar-refractivity contribution is 0.0975. The van der Waals surface area contributed by atoms with Crippen LogP contribution < -0.4 is 15.0 Å². The molecular formula is C25H25ClN2O2. The first-order valence-electron chi connectivity index (χ1n) is 10.2. The summed E-state index contributed by atoms with van der Waals surface area (Å²) in [6.45, 7) is 5.06. The first kappa shape index (κ1) is 20.3. The van der Waals surface area contributed by atoms with E-state index in [2.05, 4.69) is 19.2 Å². The predicted octanol–water partition coefficient (Wildman–Crippen LogP) is 6.54. The number of hydrogen-bond donors (Lipinski definition) is 1. The van der Waals surface area contributed by atoms with Gasteiger partial charge in [-0.15, -0.1) is 0 Å². The number of halogens is 1. The van der Waals surface area contributed by atoms with E-state index in [0.717, 1.165) is 29.1 Å². The summed E-state index contributed by atoms with van der Waals surface area (Å²) in [6, 6.07) is 22.9. The molecule has 4 rings (SSSR count). The maximum atomic E-state index is 13.4. The van der Waals surface area contributed by atoms with Crippen molar-refractivity contribution < 1.29 is 9.53 Å². The van der Waals surface area contributed by atoms with Crippen LogP contribution in [0.15, 0.2) is 72.8 Å². The van der Waals surface area contributed by atoms with Gasteiger partial charge >= 0.3 is 0 Å². The van der Waals surface area contributed by atoms with Gasteiger partial charge < -0.3 is 10.1 Å². The van der Waals surface area contributed by atoms with Crippen molar-refractivity contribution in [1.29, 1.82) is 0 Å². The van der Waals surface area contributed by atoms with E-state index in [-0.39, 0.29) is 12.1 Å². The molecule has 3 aromatic carbocycles. The Hall–Kier alpha value is -2.98. The zero-order valence-electron chi connectivity index (χ0n) is 17.1. The van der Waals surface area contributed by atoms with Crippen LogP contribution in [0.4, 0.5) is 11.4 Å². The number of nitrogens with zero attached hydrogens (tertiary/aromatic N) is 1. The van der Waals surface area contributed by atoms with Gasteiger partial charge in [0.15, 0.2) is 0 Å². The summed E-state index contributed by atoms with van der Waals surface area (Å²) in [6.07, 6.45) is 0.681. The molecule has 30 heavy (non-hydrogen) atoms. The van der Waals surface area contributed by atoms with Crippen LogP contribution >= 0.6 is 11.6 Å². The van der Waals surface area contributed by atoms with Crippen LogP contribution in [-0.2, 0) is 0 Å². The Balaban J connectivity index is 1.65. The van der Waals surface area contributed by atoms with Gasteiger partial charge in [-0.25, -0.2) is 0 Å². The van der Waals surface area contributed by atoms with E-state index in [0.29, 0.717) is 23.1 Å². The molecule has 0 saturated heterocycles. The van der Waals surface area contributed by atoms with Crippen LogP contribution in [0.25, 0.3) is 0 Å². The summed E-state index contributed by atoms with van der Waals surface area (Å²) in [5, 5.41) is 4.15. The molecule has 0 spiro atoms. The molecule has 0 radical (unpaired) electrons. The van der Waals surface area contributed by atoms with E-state index >= 15 is 0 Å². The number of fused-ring (bicyclic) bond motifs is 1. The van der Waals surface area contributed by atoms with Crippen molar-refractivity contribution in [2.45, 2.75) is 26.4 Å². The van der Waals surface area contributed by atoms with Gasteiger partial charge in [0.05, 0.1) is 12.2 Å². The maximum absolute atomic E-state index is 13.4. The Morgan fingerprint density at radius 1 is 1.00 bits per heavy atom. The summed E-state index contributed by atoms with van der Waals surface area (Å²) in [5.74, 6) is 1.39. The minimum atomic E-state index is -0.335. The van der Waals surface area contributed by atoms with Gasteiger partial charge in [-0.3, -0.25) is 9.69 Å². The molecule has 1 N–H and O–H groups in total. The lowest BCUT2D eigenvalue weighted by Crippen LogP contribution is -2.43. The highest BCUT2D eigenvalue weighted by Gasteiger charge is 2.33. The lowest BCUT2D eigenvalue weighted by atomic mass is 10.0. The third-order valence-electron chi connectivity index (χ3n) is 5.19. The molecule has 0 aromatic heterocycles. The average Bonchev–Trinajstić information content (AvgIpc) is 2.75. The molecule has 0 bridgehead atoms. The predicted molar refractivity (Wildman–Crippen MR) is 122 cm³/mol. The van der Waals surface area contributed by atoms with Gasteiger partial charge in [0.25, 0.3) is 5.91 Å². The molecule has 1 aliphatic heterocycles. The van der Waals surface area contributed by atoms with Crippen LogP contribution in [-0.4, -0.2) is 12.5 Å². The number of nitrogens with one attached hydrogen (secondary N) is 1. The fraction of sp³-hybridized carbons (Fsp3) is 0.240. The average molecular weight is 421 g/mol. The summed E-state index contributed by atoms with van der Waals surface area (Å²) in [4.78, 5) is 15.2. The molecule has 154 valence electrons. The third kappa shape index (κ3) is 4.29. The summed E-state index contributed by atoms with van der Waals surface area (Å²) in [7, 11) is 0. The van der Waals surface area contributed by atoms with E-state index in [1.165, 1.54) is 0 Å². The summed E-state index contributed by atoms with van der Waals surface area (Å²) < 4.78 is 5.85. The first-order valence-corrected chi connectivity index (χ1v) is 10.6. The minimum Gasteiger partial charge on any atom is -0.494 e. The van der Waals surface area contributed by atoms with Crippen molar-refractivity contribution >= 4 is 28.9 Å². The highest BCUT2D eigenvalue weighted by Crippen LogP contribution is 2.37. The van der Waals surface area contributed by atoms with Crippen LogP contribution in [0.1, 0.15) is 42.4 Å². The molecule has 0 aliphatic carbocycles. The fourth-order valence-corrected chi connectivity index (χ4v) is 3.64. The van der Waals surface area contributed by atoms with Crippen molar-refractivity contribution in [3.05, 3.63) is 88.9 Å². The number of carbonyl (C=O) groups is 1. The van der Waals surface area contributed by atoms with Crippen molar-refractivity contribution in [1.82, 2.24) is 0 Å². The molecule has 1 aliphatic rings. The monoisotopic (exact) mass is 420 g/mol. The lowest BCUT2D eigenvalue weighted by Gasteiger charge is -2.38. The van der Waals surface area contributed by atoms with Gasteiger partial charge in [-0.2, -0.15) is 0 Å². The zero-order chi connectivity index (χ0) is 21.1. The topological polar surface area (TPSA) is 41.6 Å². The normalized spacial score (nSPS) is 15.7. The standard InChI is InChI=1S/C25H25ClN2O2/c1-17(2)15-16-30-21-13-7-18(8-14-21)24-27-23-6-4-3-5-22(23)25(29)28(24)20-11-9-19(26)10-12-20/h3-14,17,24,27H,15-16H2,1-2H3. The number of amides is 1. The largest absolute Gasteiger partial charge is 0.494 e. The van der Waals surface area contributed by atoms with Gasteiger partial charge in [0.1, 0.15) is 11.9 Å². The molecule has 1 unspecified atom stereocenters. The highest BCUT2D eigenvalue weighted by atomic mass is 35.5. The van der Waals surface area contributed by atoms with Gasteiger partial charge in [-0.1, -0.05) is 49.7 Å². The van der Waals surface area contributed by atoms with Crippen molar-refractivity contribution in [3.63, 3.8) is 0 Å². The van der Waals surface area contributed by atoms with Crippen LogP contribution in [0.2, 0.25) is 5.02 Å². The summed E-state index contributed by atoms with van der Waals surface area (Å²) >= 11 is 6.07. The highest BCUT2D eigenvalue weighted by molar-refractivity contribution is 6.30. The van der Waals surface area contributed by atoms with E-state index in [1.54, 1.807) is 17.0 Å². The molecule has 3 aromatic rings. The second-order valence-electron chi connectivity index (χ2n) is 7.84. The number of carbonyl (C=O) groups excluding carboxylic acids is 1. The molecule has 0 saturated carbocycles. The SMILES string of the molecule is CC(C)CCOc1ccc(C2Nc3ccccc3C(=O)N2c2ccc(Cl)cc2)cc1. The number of benzene rings is 3. The fourth-order valence-electron chi connectivity index (χ4n) is 3.51. The molecule has 4 nitrogen and oxygen atoms in total. The van der Waals surface area contributed by atoms with E-state index in [4.69, 9.17) is 16.3 Å². The molecule has 0 fully saturated rings. The zero-order valence-corrected chi connectivity index (χ0v) is 17.9. The Kier molecular flexibility index (Phi) is 5.96. The number of hydrogen-bond acceptors (Lipinski definition) is 3. The molecular weight excluding hydrogens is 396 g/mol. The van der Waals surface area contributed by atoms with Gasteiger partial charge in [-0.05, 0) is 66.4 Å². The second kappa shape index (κ2) is 8.80. The number of ether oxygens (including phenoxy) is 1. The Morgan fingerprint density at radius 3 is 2.40 bits per heavy atom. The van der Waals surface area contributed by atoms with Crippen molar-refractivity contribution in [2.24, 2.45) is 5.92 Å². The molecule has 5 heteroatoms. The quantitative estimate of drug-likeness (QED) is 0.492. The Bertz CT molecular complexity index is 1020. The van der Waals surface area contributed by atoms with Crippen LogP contribution in [0, 0.1) is 5.92 Å². The van der Waals surface area contributed by atoms with Gasteiger partial charge in [0.2, 0.25) is 0 Å². The number of anilines is 2. The van der Waals surface area contributed by atoms with Crippen LogP contribution in [0.5, 0.6) is 5.75 Å². The maximum Gasteiger partial charge on any atom is 0.262 e. The minimum absolute atomic E-state index is 0.0473. The molecule has 1 heterocycles. The summed E-state index contributed by atoms with van der Waals surface area (Å²) in [5.41, 5.74) is 3.24. The third-order valence-corrected chi connectivity index (χ3v) is 5.44. The van der Waals surface area contributed by atoms with Crippen molar-refractivity contribution in [3.8, 4) is 5.75 Å². The van der Waals surface area contributed by atoms with E-state index in [1.807, 2.05) is 60.7 Å². The molecule has 1 amide bonds. The van der Waals surface area contributed by atoms with Gasteiger partial charge in [0, 0.05) is 16.4 Å². The van der Waals surface area contributed by atoms with Crippen molar-refractivity contribution in [2.75, 3.05) is 16.8 Å². The van der Waals surface area contributed by atoms with E-state index < -0.39 is 0 Å². The Labute approximate surface area is 182 Å². The second-order valence-corrected chi connectivity index (χ2v) is 8.28. The number of rotatable bonds is 6. The van der Waals surface area contributed by atoms with Crippen LogP contribution in [0.3, 0.4) is 0 Å². The smallest absolute Gasteiger partial charge is 0.262 e.